The number of aromatic hydroxyl groups is 1. The van der Waals surface area contributed by atoms with Crippen molar-refractivity contribution in [3.05, 3.63) is 83.0 Å². The Hall–Kier alpha value is -4.34. The van der Waals surface area contributed by atoms with Crippen molar-refractivity contribution in [2.75, 3.05) is 19.6 Å². The molecule has 2 aromatic carbocycles. The number of rotatable bonds is 5. The highest BCUT2D eigenvalue weighted by Gasteiger charge is 2.69. The molecule has 9 N–H and O–H groups in total. The van der Waals surface area contributed by atoms with Gasteiger partial charge in [-0.05, 0) is 223 Å². The van der Waals surface area contributed by atoms with Crippen LogP contribution in [0.25, 0.3) is 0 Å². The second-order valence-electron chi connectivity index (χ2n) is 30.6. The molecule has 17 aliphatic rings. The summed E-state index contributed by atoms with van der Waals surface area (Å²) < 4.78 is 13.9. The number of carbonyl (C=O) groups is 2. The monoisotopic (exact) mass is 1210 g/mol. The number of esters is 1. The minimum absolute atomic E-state index is 0.0668. The topological polar surface area (TPSA) is 211 Å². The quantitative estimate of drug-likeness (QED) is 0.0543. The van der Waals surface area contributed by atoms with E-state index in [4.69, 9.17) is 31.7 Å². The van der Waals surface area contributed by atoms with Crippen LogP contribution in [-0.4, -0.2) is 86.0 Å². The molecule has 15 heteroatoms. The predicted octanol–water partition coefficient (Wildman–Crippen LogP) is 12.6. The number of aryl methyl sites for hydroxylation is 1. The molecule has 9 fully saturated rings. The molecule has 1 saturated heterocycles. The number of nitrogens with one attached hydrogen (secondary N) is 1. The van der Waals surface area contributed by atoms with Crippen LogP contribution in [0.3, 0.4) is 0 Å². The van der Waals surface area contributed by atoms with Crippen LogP contribution in [0.5, 0.6) is 11.5 Å². The van der Waals surface area contributed by atoms with Crippen LogP contribution < -0.4 is 27.3 Å². The van der Waals surface area contributed by atoms with Crippen molar-refractivity contribution in [3.8, 4) is 11.5 Å². The maximum atomic E-state index is 15.1. The number of aliphatic hydroxyl groups is 1. The average molecular weight is 1210 g/mol. The molecule has 10 aliphatic carbocycles. The van der Waals surface area contributed by atoms with E-state index < -0.39 is 17.3 Å². The number of ether oxygens (including phenoxy) is 2. The van der Waals surface area contributed by atoms with Gasteiger partial charge in [-0.3, -0.25) is 19.6 Å². The Balaban J connectivity index is 0.837. The summed E-state index contributed by atoms with van der Waals surface area (Å²) in [7, 11) is 4.27. The van der Waals surface area contributed by atoms with Gasteiger partial charge in [0.25, 0.3) is 0 Å². The first-order valence-electron chi connectivity index (χ1n) is 34.2. The van der Waals surface area contributed by atoms with Crippen molar-refractivity contribution < 1.29 is 29.3 Å². The summed E-state index contributed by atoms with van der Waals surface area (Å²) in [6.07, 6.45) is 37.8. The SMILES string of the molecule is CC(=O)OC12CCc3cc(c(O)c4c3C3C=CC5(CCCC5C3)O4)CN3CC4(CC3=O)C(CCC4c3ccccc3)CN=C(N)NC3(CCCC34CCCC4)SSC3C=CC4C(CCC3C43CCCC34CCC(CCN=C(N)N)C4)C(CC1)C(O)C2. The summed E-state index contributed by atoms with van der Waals surface area (Å²) >= 11 is 0. The summed E-state index contributed by atoms with van der Waals surface area (Å²) in [5.41, 5.74) is 22.0. The van der Waals surface area contributed by atoms with Crippen LogP contribution in [0.1, 0.15) is 214 Å². The molecule has 464 valence electrons. The lowest BCUT2D eigenvalue weighted by Crippen LogP contribution is -2.59. The van der Waals surface area contributed by atoms with E-state index in [1.807, 2.05) is 4.90 Å². The van der Waals surface area contributed by atoms with Crippen LogP contribution in [0, 0.1) is 63.1 Å². The largest absolute Gasteiger partial charge is 0.504 e. The van der Waals surface area contributed by atoms with Crippen LogP contribution in [0.4, 0.5) is 0 Å². The van der Waals surface area contributed by atoms with E-state index in [1.54, 1.807) is 0 Å². The number of aliphatic imine (C=N–C) groups is 2. The lowest BCUT2D eigenvalue weighted by Gasteiger charge is -2.63. The van der Waals surface area contributed by atoms with Crippen molar-refractivity contribution in [2.45, 2.75) is 233 Å². The number of aliphatic hydroxyl groups excluding tert-OH is 1. The van der Waals surface area contributed by atoms with Crippen LogP contribution in [-0.2, 0) is 27.3 Å². The molecule has 0 radical (unpaired) electrons. The molecular formula is C71H97N7O6S2. The van der Waals surface area contributed by atoms with Gasteiger partial charge in [0, 0.05) is 85.0 Å². The zero-order chi connectivity index (χ0) is 58.8. The van der Waals surface area contributed by atoms with Gasteiger partial charge in [0.05, 0.1) is 6.10 Å². The summed E-state index contributed by atoms with van der Waals surface area (Å²) in [6, 6.07) is 13.0. The maximum Gasteiger partial charge on any atom is 0.303 e. The molecule has 0 aromatic heterocycles. The minimum Gasteiger partial charge on any atom is -0.504 e. The molecular weight excluding hydrogens is 1110 g/mol. The van der Waals surface area contributed by atoms with Crippen molar-refractivity contribution in [1.82, 2.24) is 10.2 Å². The van der Waals surface area contributed by atoms with Gasteiger partial charge in [-0.2, -0.15) is 0 Å². The highest BCUT2D eigenvalue weighted by molar-refractivity contribution is 8.77. The molecule has 12 bridgehead atoms. The van der Waals surface area contributed by atoms with Gasteiger partial charge < -0.3 is 47.1 Å². The molecule has 7 heterocycles. The highest BCUT2D eigenvalue weighted by atomic mass is 33.1. The first kappa shape index (κ1) is 58.1. The number of fused-ring (bicyclic) bond motifs is 2. The van der Waals surface area contributed by atoms with Crippen molar-refractivity contribution in [2.24, 2.45) is 90.3 Å². The Morgan fingerprint density at radius 1 is 0.860 bits per heavy atom. The molecule has 8 saturated carbocycles. The second kappa shape index (κ2) is 22.0. The Morgan fingerprint density at radius 2 is 1.69 bits per heavy atom. The molecule has 17 atom stereocenters. The summed E-state index contributed by atoms with van der Waals surface area (Å²) in [5, 5.41) is 30.4. The number of guanidine groups is 2. The summed E-state index contributed by atoms with van der Waals surface area (Å²) in [6.45, 7) is 3.60. The van der Waals surface area contributed by atoms with Crippen LogP contribution >= 0.6 is 21.6 Å². The van der Waals surface area contributed by atoms with Gasteiger partial charge in [-0.25, -0.2) is 0 Å². The van der Waals surface area contributed by atoms with E-state index >= 15 is 4.79 Å². The first-order valence-corrected chi connectivity index (χ1v) is 36.4. The summed E-state index contributed by atoms with van der Waals surface area (Å²) in [4.78, 5) is 40.3. The molecule has 17 unspecified atom stereocenters. The first-order chi connectivity index (χ1) is 41.6. The van der Waals surface area contributed by atoms with Crippen LogP contribution in [0.15, 0.2) is 70.7 Å². The van der Waals surface area contributed by atoms with E-state index in [1.165, 1.54) is 89.5 Å². The minimum atomic E-state index is -0.862. The van der Waals surface area contributed by atoms with E-state index in [9.17, 15) is 15.0 Å². The number of allylic oxidation sites excluding steroid dienone is 2. The van der Waals surface area contributed by atoms with Crippen molar-refractivity contribution >= 4 is 45.4 Å². The van der Waals surface area contributed by atoms with E-state index in [0.717, 1.165) is 81.8 Å². The van der Waals surface area contributed by atoms with Crippen LogP contribution in [0.2, 0.25) is 0 Å². The third-order valence-corrected chi connectivity index (χ3v) is 30.6. The fraction of sp³-hybridized carbons (Fsp3) is 0.718. The smallest absolute Gasteiger partial charge is 0.303 e. The number of phenolic OH excluding ortho intramolecular Hbond substituents is 1. The highest BCUT2D eigenvalue weighted by Crippen LogP contribution is 2.76. The Kier molecular flexibility index (Phi) is 14.8. The Morgan fingerprint density at radius 3 is 2.51 bits per heavy atom. The predicted molar refractivity (Wildman–Crippen MR) is 342 cm³/mol. The molecule has 86 heavy (non-hydrogen) atoms. The molecule has 19 rings (SSSR count). The third kappa shape index (κ3) is 9.26. The number of benzene rings is 2. The number of amides is 1. The third-order valence-electron chi connectivity index (χ3n) is 27.0. The molecule has 6 spiro atoms. The number of phenols is 1. The van der Waals surface area contributed by atoms with Gasteiger partial charge in [0.15, 0.2) is 23.4 Å². The fourth-order valence-corrected chi connectivity index (χ4v) is 27.6. The summed E-state index contributed by atoms with van der Waals surface area (Å²) in [5.74, 6) is 3.83. The zero-order valence-electron chi connectivity index (χ0n) is 51.2. The number of hydrogen-bond acceptors (Lipinski definition) is 12. The Bertz CT molecular complexity index is 3090. The standard InChI is InChI=1S/C71H97N7O6S2/c1-44(79)83-67-32-20-47-36-49(61(82)62-60(47)48-21-34-69(84-62)28-7-12-50(69)37-48)42-78-43-68(40-59(78)81)51(13-15-54(68)46-10-3-2-4-11-46)41-76-64(74)77-71(30-9-26-65(71)24-5-6-25-65)86-85-58-18-17-55-52(53(22-33-67)57(80)39-67)14-16-56(58)70(55)29-8-27-66(70)31-19-45(38-66)23-35-75-63(72)73/h2-4,10-11,17-18,21,34,36,45,48,50-58,80,82H,5-9,12-16,19-20,22-33,35,37-43H2,1H3,(H4,72,73,75)(H3,74,76,77). The van der Waals surface area contributed by atoms with E-state index in [-0.39, 0.29) is 80.3 Å². The number of nitrogens with two attached hydrogens (primary N) is 3. The average Bonchev–Trinajstić information content (AvgIpc) is 1.52. The molecule has 7 aliphatic heterocycles. The number of nitrogens with zero attached hydrogens (tertiary/aromatic N) is 3. The lowest BCUT2D eigenvalue weighted by atomic mass is 9.43. The molecule has 2 aromatic rings. The Labute approximate surface area is 518 Å². The van der Waals surface area contributed by atoms with Gasteiger partial charge in [0.2, 0.25) is 5.91 Å². The van der Waals surface area contributed by atoms with Crippen molar-refractivity contribution in [3.63, 3.8) is 0 Å². The molecule has 13 nitrogen and oxygen atoms in total. The van der Waals surface area contributed by atoms with Gasteiger partial charge >= 0.3 is 5.97 Å². The van der Waals surface area contributed by atoms with E-state index in [2.05, 4.69) is 92.6 Å². The normalized spacial score (nSPS) is 42.7. The van der Waals surface area contributed by atoms with Gasteiger partial charge in [-0.15, -0.1) is 0 Å². The number of carbonyl (C=O) groups excluding carboxylic acids is 2. The second-order valence-corrected chi connectivity index (χ2v) is 33.3. The fourth-order valence-electron chi connectivity index (χ4n) is 23.5. The molecule has 1 amide bonds. The number of hydrogen-bond donors (Lipinski definition) is 6. The van der Waals surface area contributed by atoms with Crippen molar-refractivity contribution in [1.29, 1.82) is 0 Å². The van der Waals surface area contributed by atoms with E-state index in [0.29, 0.717) is 104 Å². The zero-order valence-corrected chi connectivity index (χ0v) is 52.8. The maximum absolute atomic E-state index is 15.1. The van der Waals surface area contributed by atoms with Gasteiger partial charge in [-0.1, -0.05) is 89.4 Å². The lowest BCUT2D eigenvalue weighted by molar-refractivity contribution is -0.175. The van der Waals surface area contributed by atoms with Gasteiger partial charge in [0.1, 0.15) is 16.1 Å².